The number of nitrogens with zero attached hydrogens (tertiary/aromatic N) is 3. The summed E-state index contributed by atoms with van der Waals surface area (Å²) < 4.78 is 0. The lowest BCUT2D eigenvalue weighted by molar-refractivity contribution is -0.140. The lowest BCUT2D eigenvalue weighted by atomic mass is 10.1. The second-order valence-corrected chi connectivity index (χ2v) is 5.82. The number of amides is 1. The van der Waals surface area contributed by atoms with Gasteiger partial charge in [0.25, 0.3) is 5.91 Å². The average Bonchev–Trinajstić information content (AvgIpc) is 2.51. The number of carbonyl (C=O) groups excluding carboxylic acids is 1. The van der Waals surface area contributed by atoms with Crippen LogP contribution in [0.1, 0.15) is 13.8 Å². The van der Waals surface area contributed by atoms with Crippen molar-refractivity contribution in [2.45, 2.75) is 19.9 Å². The van der Waals surface area contributed by atoms with Crippen molar-refractivity contribution in [1.82, 2.24) is 15.1 Å². The van der Waals surface area contributed by atoms with Gasteiger partial charge in [0.1, 0.15) is 17.7 Å². The van der Waals surface area contributed by atoms with Crippen LogP contribution in [0.3, 0.4) is 0 Å². The van der Waals surface area contributed by atoms with E-state index in [0.717, 1.165) is 19.6 Å². The maximum Gasteiger partial charge on any atom is 0.326 e. The van der Waals surface area contributed by atoms with Gasteiger partial charge in [0.15, 0.2) is 0 Å². The Kier molecular flexibility index (Phi) is 7.51. The molecule has 0 radical (unpaired) electrons. The Morgan fingerprint density at radius 2 is 1.96 bits per heavy atom. The van der Waals surface area contributed by atoms with E-state index >= 15 is 0 Å². The molecule has 0 spiro atoms. The van der Waals surface area contributed by atoms with Crippen molar-refractivity contribution < 1.29 is 14.7 Å². The van der Waals surface area contributed by atoms with E-state index in [4.69, 9.17) is 10.8 Å². The molecule has 0 aromatic rings. The highest BCUT2D eigenvalue weighted by molar-refractivity contribution is 5.97. The quantitative estimate of drug-likeness (QED) is 0.414. The first-order valence-electron chi connectivity index (χ1n) is 7.71. The fraction of sp³-hybridized carbons (Fsp3) is 0.667. The number of carboxylic acids is 1. The Bertz CT molecular complexity index is 490. The molecule has 1 aliphatic heterocycles. The topological polar surface area (TPSA) is 123 Å². The van der Waals surface area contributed by atoms with Gasteiger partial charge < -0.3 is 21.1 Å². The molecule has 1 saturated heterocycles. The summed E-state index contributed by atoms with van der Waals surface area (Å²) in [6, 6.07) is 1.01. The number of nitrogens with one attached hydrogen (secondary N) is 1. The third-order valence-electron chi connectivity index (χ3n) is 3.80. The van der Waals surface area contributed by atoms with Gasteiger partial charge in [-0.25, -0.2) is 4.79 Å². The van der Waals surface area contributed by atoms with Gasteiger partial charge in [-0.1, -0.05) is 13.8 Å². The molecule has 0 bridgehead atoms. The largest absolute Gasteiger partial charge is 0.480 e. The summed E-state index contributed by atoms with van der Waals surface area (Å²) in [5, 5.41) is 20.9. The number of piperazine rings is 1. The van der Waals surface area contributed by atoms with E-state index in [1.165, 1.54) is 6.20 Å². The Hall–Kier alpha value is -2.11. The number of carboxylic acid groups (broad SMARTS) is 1. The summed E-state index contributed by atoms with van der Waals surface area (Å²) in [5.41, 5.74) is 5.43. The lowest BCUT2D eigenvalue weighted by Gasteiger charge is -2.34. The first-order valence-corrected chi connectivity index (χ1v) is 7.71. The molecular weight excluding hydrogens is 298 g/mol. The third-order valence-corrected chi connectivity index (χ3v) is 3.80. The fourth-order valence-corrected chi connectivity index (χ4v) is 2.39. The maximum absolute atomic E-state index is 12.4. The number of nitriles is 1. The van der Waals surface area contributed by atoms with Crippen LogP contribution in [0.15, 0.2) is 11.8 Å². The zero-order valence-corrected chi connectivity index (χ0v) is 13.7. The highest BCUT2D eigenvalue weighted by Gasteiger charge is 2.25. The molecule has 4 N–H and O–H groups in total. The molecule has 0 saturated carbocycles. The van der Waals surface area contributed by atoms with Gasteiger partial charge >= 0.3 is 5.97 Å². The summed E-state index contributed by atoms with van der Waals surface area (Å²) in [6.45, 7) is 7.38. The van der Waals surface area contributed by atoms with Gasteiger partial charge in [-0.05, 0) is 5.92 Å². The maximum atomic E-state index is 12.4. The first-order chi connectivity index (χ1) is 10.9. The van der Waals surface area contributed by atoms with E-state index in [1.807, 2.05) is 6.07 Å². The highest BCUT2D eigenvalue weighted by Crippen LogP contribution is 2.08. The number of aliphatic carboxylic acids is 1. The van der Waals surface area contributed by atoms with E-state index in [0.29, 0.717) is 19.6 Å². The zero-order chi connectivity index (χ0) is 17.4. The smallest absolute Gasteiger partial charge is 0.326 e. The summed E-state index contributed by atoms with van der Waals surface area (Å²) >= 11 is 0. The van der Waals surface area contributed by atoms with Crippen molar-refractivity contribution in [2.24, 2.45) is 11.7 Å². The van der Waals surface area contributed by atoms with Crippen LogP contribution in [0.5, 0.6) is 0 Å². The molecule has 1 rings (SSSR count). The van der Waals surface area contributed by atoms with Crippen LogP contribution in [0.25, 0.3) is 0 Å². The zero-order valence-electron chi connectivity index (χ0n) is 13.7. The van der Waals surface area contributed by atoms with Crippen molar-refractivity contribution >= 4 is 11.9 Å². The minimum Gasteiger partial charge on any atom is -0.480 e. The van der Waals surface area contributed by atoms with Crippen LogP contribution in [-0.2, 0) is 9.59 Å². The van der Waals surface area contributed by atoms with Gasteiger partial charge in [0.2, 0.25) is 0 Å². The van der Waals surface area contributed by atoms with E-state index < -0.39 is 12.0 Å². The molecule has 128 valence electrons. The van der Waals surface area contributed by atoms with E-state index in [1.54, 1.807) is 18.7 Å². The molecule has 23 heavy (non-hydrogen) atoms. The van der Waals surface area contributed by atoms with Crippen LogP contribution in [-0.4, -0.2) is 72.1 Å². The van der Waals surface area contributed by atoms with Crippen LogP contribution < -0.4 is 11.1 Å². The predicted molar refractivity (Wildman–Crippen MR) is 85.2 cm³/mol. The third kappa shape index (κ3) is 5.54. The average molecular weight is 323 g/mol. The van der Waals surface area contributed by atoms with Crippen molar-refractivity contribution in [3.05, 3.63) is 11.8 Å². The predicted octanol–water partition coefficient (Wildman–Crippen LogP) is -0.804. The van der Waals surface area contributed by atoms with E-state index in [9.17, 15) is 14.9 Å². The molecule has 1 heterocycles. The molecular formula is C15H25N5O3. The number of carbonyl (C=O) groups is 2. The molecule has 1 aliphatic rings. The van der Waals surface area contributed by atoms with Crippen LogP contribution >= 0.6 is 0 Å². The molecule has 0 aromatic heterocycles. The SMILES string of the molecule is CC(C)C(N/C=C(/C#N)C(=O)N1CCN(CCN)CC1)C(=O)O. The summed E-state index contributed by atoms with van der Waals surface area (Å²) in [5.74, 6) is -1.56. The van der Waals surface area contributed by atoms with Crippen molar-refractivity contribution in [3.63, 3.8) is 0 Å². The minimum absolute atomic E-state index is 0.0795. The first kappa shape index (κ1) is 18.9. The Labute approximate surface area is 136 Å². The molecule has 1 fully saturated rings. The summed E-state index contributed by atoms with van der Waals surface area (Å²) in [4.78, 5) is 27.2. The molecule has 1 unspecified atom stereocenters. The second-order valence-electron chi connectivity index (χ2n) is 5.82. The van der Waals surface area contributed by atoms with Gasteiger partial charge in [-0.3, -0.25) is 9.69 Å². The van der Waals surface area contributed by atoms with Crippen LogP contribution in [0.2, 0.25) is 0 Å². The number of hydrogen-bond donors (Lipinski definition) is 3. The Morgan fingerprint density at radius 3 is 2.39 bits per heavy atom. The van der Waals surface area contributed by atoms with Gasteiger partial charge in [-0.15, -0.1) is 0 Å². The molecule has 8 nitrogen and oxygen atoms in total. The number of nitrogens with two attached hydrogens (primary N) is 1. The Balaban J connectivity index is 2.67. The molecule has 0 aliphatic carbocycles. The van der Waals surface area contributed by atoms with Crippen LogP contribution in [0, 0.1) is 17.2 Å². The van der Waals surface area contributed by atoms with Crippen molar-refractivity contribution in [1.29, 1.82) is 5.26 Å². The van der Waals surface area contributed by atoms with Crippen molar-refractivity contribution in [2.75, 3.05) is 39.3 Å². The van der Waals surface area contributed by atoms with E-state index in [2.05, 4.69) is 10.2 Å². The highest BCUT2D eigenvalue weighted by atomic mass is 16.4. The Morgan fingerprint density at radius 1 is 1.35 bits per heavy atom. The molecule has 1 amide bonds. The number of hydrogen-bond acceptors (Lipinski definition) is 6. The summed E-state index contributed by atoms with van der Waals surface area (Å²) in [6.07, 6.45) is 1.22. The molecule has 1 atom stereocenters. The van der Waals surface area contributed by atoms with E-state index in [-0.39, 0.29) is 17.4 Å². The fourth-order valence-electron chi connectivity index (χ4n) is 2.39. The normalized spacial score (nSPS) is 17.7. The summed E-state index contributed by atoms with van der Waals surface area (Å²) in [7, 11) is 0. The van der Waals surface area contributed by atoms with Gasteiger partial charge in [0, 0.05) is 45.5 Å². The van der Waals surface area contributed by atoms with Crippen LogP contribution in [0.4, 0.5) is 0 Å². The lowest BCUT2D eigenvalue weighted by Crippen LogP contribution is -2.50. The minimum atomic E-state index is -1.02. The standard InChI is InChI=1S/C15H25N5O3/c1-11(2)13(15(22)23)18-10-12(9-17)14(21)20-7-5-19(4-3-16)6-8-20/h10-11,13,18H,3-8,16H2,1-2H3,(H,22,23)/b12-10-. The van der Waals surface area contributed by atoms with Gasteiger partial charge in [0.05, 0.1) is 0 Å². The number of rotatable bonds is 7. The van der Waals surface area contributed by atoms with Gasteiger partial charge in [-0.2, -0.15) is 5.26 Å². The second kappa shape index (κ2) is 9.12. The molecule has 0 aromatic carbocycles. The van der Waals surface area contributed by atoms with Crippen molar-refractivity contribution in [3.8, 4) is 6.07 Å². The molecule has 8 heteroatoms. The monoisotopic (exact) mass is 323 g/mol.